The summed E-state index contributed by atoms with van der Waals surface area (Å²) in [5.74, 6) is -1.14. The second-order valence-electron chi connectivity index (χ2n) is 7.81. The minimum absolute atomic E-state index is 0.126. The number of hydrogen-bond donors (Lipinski definition) is 2. The summed E-state index contributed by atoms with van der Waals surface area (Å²) in [5.41, 5.74) is 6.08. The fourth-order valence-corrected chi connectivity index (χ4v) is 4.50. The molecule has 3 N–H and O–H groups in total. The Morgan fingerprint density at radius 3 is 2.81 bits per heavy atom. The number of rotatable bonds is 3. The highest BCUT2D eigenvalue weighted by molar-refractivity contribution is 5.97. The molecule has 3 aliphatic rings. The van der Waals surface area contributed by atoms with Crippen molar-refractivity contribution in [1.82, 2.24) is 4.57 Å². The summed E-state index contributed by atoms with van der Waals surface area (Å²) in [6.45, 7) is 1.77. The predicted octanol–water partition coefficient (Wildman–Crippen LogP) is 1.55. The van der Waals surface area contributed by atoms with E-state index in [1.54, 1.807) is 0 Å². The molecule has 0 radical (unpaired) electrons. The van der Waals surface area contributed by atoms with Gasteiger partial charge in [0.25, 0.3) is 5.56 Å². The molecule has 1 aliphatic carbocycles. The molecule has 0 unspecified atom stereocenters. The number of anilines is 1. The van der Waals surface area contributed by atoms with Crippen LogP contribution in [-0.4, -0.2) is 40.9 Å². The Balaban J connectivity index is 1.68. The number of carbonyl (C=O) groups is 1. The number of carboxylic acid groups (broad SMARTS) is 1. The number of benzene rings is 1. The highest BCUT2D eigenvalue weighted by Crippen LogP contribution is 2.47. The first-order valence-corrected chi connectivity index (χ1v) is 9.19. The van der Waals surface area contributed by atoms with Gasteiger partial charge in [-0.2, -0.15) is 0 Å². The van der Waals surface area contributed by atoms with Crippen LogP contribution in [0.1, 0.15) is 29.6 Å². The molecule has 2 aliphatic heterocycles. The predicted molar refractivity (Wildman–Crippen MR) is 97.1 cm³/mol. The van der Waals surface area contributed by atoms with Crippen LogP contribution in [0.5, 0.6) is 5.75 Å². The first-order valence-electron chi connectivity index (χ1n) is 9.19. The van der Waals surface area contributed by atoms with Gasteiger partial charge in [0, 0.05) is 24.0 Å². The van der Waals surface area contributed by atoms with Crippen LogP contribution >= 0.6 is 0 Å². The Bertz CT molecular complexity index is 1040. The van der Waals surface area contributed by atoms with Gasteiger partial charge in [-0.05, 0) is 37.3 Å². The number of nitrogens with zero attached hydrogens (tertiary/aromatic N) is 2. The van der Waals surface area contributed by atoms with Gasteiger partial charge in [0.15, 0.2) is 11.6 Å². The summed E-state index contributed by atoms with van der Waals surface area (Å²) < 4.78 is 22.2. The summed E-state index contributed by atoms with van der Waals surface area (Å²) in [6, 6.07) is 2.53. The van der Waals surface area contributed by atoms with E-state index in [4.69, 9.17) is 10.5 Å². The van der Waals surface area contributed by atoms with Gasteiger partial charge < -0.3 is 25.0 Å². The molecule has 5 rings (SSSR count). The maximum atomic E-state index is 15.1. The average molecular weight is 373 g/mol. The van der Waals surface area contributed by atoms with Crippen LogP contribution in [0, 0.1) is 11.7 Å². The van der Waals surface area contributed by atoms with Crippen LogP contribution < -0.4 is 20.9 Å². The zero-order chi connectivity index (χ0) is 18.9. The summed E-state index contributed by atoms with van der Waals surface area (Å²) in [4.78, 5) is 25.9. The van der Waals surface area contributed by atoms with E-state index in [0.717, 1.165) is 19.3 Å². The molecule has 0 spiro atoms. The lowest BCUT2D eigenvalue weighted by Crippen LogP contribution is -2.35. The number of pyridine rings is 1. The molecule has 1 saturated carbocycles. The van der Waals surface area contributed by atoms with Crippen LogP contribution in [0.4, 0.5) is 10.1 Å². The van der Waals surface area contributed by atoms with Gasteiger partial charge >= 0.3 is 5.97 Å². The average Bonchev–Trinajstić information content (AvgIpc) is 3.19. The highest BCUT2D eigenvalue weighted by Gasteiger charge is 2.48. The van der Waals surface area contributed by atoms with Crippen molar-refractivity contribution in [3.63, 3.8) is 0 Å². The lowest BCUT2D eigenvalue weighted by atomic mass is 9.97. The molecule has 27 heavy (non-hydrogen) atoms. The number of hydrogen-bond acceptors (Lipinski definition) is 5. The van der Waals surface area contributed by atoms with Gasteiger partial charge in [0.2, 0.25) is 0 Å². The topological polar surface area (TPSA) is 97.8 Å². The van der Waals surface area contributed by atoms with Crippen molar-refractivity contribution >= 4 is 22.6 Å². The van der Waals surface area contributed by atoms with Gasteiger partial charge in [0.05, 0.1) is 12.1 Å². The molecular weight excluding hydrogens is 353 g/mol. The van der Waals surface area contributed by atoms with E-state index in [9.17, 15) is 14.7 Å². The minimum Gasteiger partial charge on any atom is -0.487 e. The quantitative estimate of drug-likeness (QED) is 0.847. The number of ether oxygens (including phenoxy) is 1. The van der Waals surface area contributed by atoms with Crippen molar-refractivity contribution in [2.75, 3.05) is 24.6 Å². The SMILES string of the molecule is NC1([C@@H]2CCN(c3c(F)cc4cc(C(=O)O)c(=O)n5c4c3OCC5)C2)CC1. The molecule has 1 aromatic heterocycles. The number of aromatic nitrogens is 1. The molecule has 2 fully saturated rings. The second-order valence-corrected chi connectivity index (χ2v) is 7.81. The molecule has 142 valence electrons. The van der Waals surface area contributed by atoms with E-state index < -0.39 is 17.3 Å². The second kappa shape index (κ2) is 5.45. The number of carboxylic acids is 1. The number of halogens is 1. The van der Waals surface area contributed by atoms with Gasteiger partial charge in [0.1, 0.15) is 17.9 Å². The Labute approximate surface area is 154 Å². The molecule has 0 amide bonds. The van der Waals surface area contributed by atoms with Crippen LogP contribution in [0.3, 0.4) is 0 Å². The first-order chi connectivity index (χ1) is 12.9. The summed E-state index contributed by atoms with van der Waals surface area (Å²) in [5, 5.41) is 9.64. The standard InChI is InChI=1S/C19H20FN3O4/c20-13-8-10-7-12(18(25)26)17(24)23-5-6-27-16(14(10)23)15(13)22-4-1-11(9-22)19(21)2-3-19/h7-8,11H,1-6,9,21H2,(H,25,26)/t11-/m1/s1. The Morgan fingerprint density at radius 2 is 2.11 bits per heavy atom. The van der Waals surface area contributed by atoms with E-state index in [1.807, 2.05) is 4.90 Å². The van der Waals surface area contributed by atoms with E-state index >= 15 is 4.39 Å². The van der Waals surface area contributed by atoms with Crippen molar-refractivity contribution < 1.29 is 19.0 Å². The lowest BCUT2D eigenvalue weighted by molar-refractivity contribution is 0.0694. The first kappa shape index (κ1) is 16.6. The van der Waals surface area contributed by atoms with Crippen molar-refractivity contribution in [3.05, 3.63) is 33.9 Å². The highest BCUT2D eigenvalue weighted by atomic mass is 19.1. The largest absolute Gasteiger partial charge is 0.487 e. The fourth-order valence-electron chi connectivity index (χ4n) is 4.50. The molecule has 0 bridgehead atoms. The molecule has 7 nitrogen and oxygen atoms in total. The fraction of sp³-hybridized carbons (Fsp3) is 0.474. The third kappa shape index (κ3) is 2.36. The van der Waals surface area contributed by atoms with E-state index in [0.29, 0.717) is 41.3 Å². The van der Waals surface area contributed by atoms with Gasteiger partial charge in [-0.1, -0.05) is 0 Å². The molecule has 1 atom stereocenters. The molecule has 3 heterocycles. The van der Waals surface area contributed by atoms with Gasteiger partial charge in [-0.25, -0.2) is 9.18 Å². The van der Waals surface area contributed by atoms with Gasteiger partial charge in [-0.3, -0.25) is 4.79 Å². The molecule has 1 aromatic carbocycles. The Hall–Kier alpha value is -2.61. The van der Waals surface area contributed by atoms with Crippen LogP contribution in [0.2, 0.25) is 0 Å². The maximum Gasteiger partial charge on any atom is 0.341 e. The normalized spacial score (nSPS) is 22.7. The summed E-state index contributed by atoms with van der Waals surface area (Å²) in [6.07, 6.45) is 2.91. The summed E-state index contributed by atoms with van der Waals surface area (Å²) >= 11 is 0. The molecule has 2 aromatic rings. The lowest BCUT2D eigenvalue weighted by Gasteiger charge is -2.28. The molecule has 8 heteroatoms. The van der Waals surface area contributed by atoms with Crippen LogP contribution in [0.25, 0.3) is 10.9 Å². The van der Waals surface area contributed by atoms with Crippen molar-refractivity contribution in [2.24, 2.45) is 11.7 Å². The van der Waals surface area contributed by atoms with Crippen LogP contribution in [-0.2, 0) is 6.54 Å². The van der Waals surface area contributed by atoms with Crippen molar-refractivity contribution in [2.45, 2.75) is 31.3 Å². The van der Waals surface area contributed by atoms with Crippen LogP contribution in [0.15, 0.2) is 16.9 Å². The third-order valence-corrected chi connectivity index (χ3v) is 6.19. The number of nitrogens with two attached hydrogens (primary N) is 1. The molecular formula is C19H20FN3O4. The van der Waals surface area contributed by atoms with Crippen molar-refractivity contribution in [1.29, 1.82) is 0 Å². The van der Waals surface area contributed by atoms with Crippen molar-refractivity contribution in [3.8, 4) is 5.75 Å². The maximum absolute atomic E-state index is 15.1. The Morgan fingerprint density at radius 1 is 1.33 bits per heavy atom. The van der Waals surface area contributed by atoms with E-state index in [1.165, 1.54) is 16.7 Å². The number of aromatic carboxylic acids is 1. The summed E-state index contributed by atoms with van der Waals surface area (Å²) in [7, 11) is 0. The zero-order valence-electron chi connectivity index (χ0n) is 14.7. The third-order valence-electron chi connectivity index (χ3n) is 6.19. The zero-order valence-corrected chi connectivity index (χ0v) is 14.7. The minimum atomic E-state index is -1.32. The van der Waals surface area contributed by atoms with Gasteiger partial charge in [-0.15, -0.1) is 0 Å². The molecule has 1 saturated heterocycles. The Kier molecular flexibility index (Phi) is 3.34. The van der Waals surface area contributed by atoms with E-state index in [-0.39, 0.29) is 24.3 Å². The monoisotopic (exact) mass is 373 g/mol. The van der Waals surface area contributed by atoms with E-state index in [2.05, 4.69) is 0 Å². The smallest absolute Gasteiger partial charge is 0.341 e.